The third kappa shape index (κ3) is 3.30. The van der Waals surface area contributed by atoms with Gasteiger partial charge in [0.15, 0.2) is 5.84 Å². The van der Waals surface area contributed by atoms with Crippen molar-refractivity contribution in [3.05, 3.63) is 50.9 Å². The van der Waals surface area contributed by atoms with E-state index in [1.807, 2.05) is 29.2 Å². The standard InChI is InChI=1S/C24H26ClN5O2S/c1-13-14(2)33-23-20(13)21(16-4-6-17(25)7-5-16)26-18(22-28-27-15(3)30(22)23)8-19(31)29-9-24(10-29)11-32-12-24/h4-7,15,18,27H,8-12H2,1-3H3/t15?,18-/m0/s1. The Hall–Kier alpha value is -2.42. The molecule has 1 unspecified atom stereocenters. The number of amides is 1. The van der Waals surface area contributed by atoms with Crippen molar-refractivity contribution in [2.45, 2.75) is 39.4 Å². The van der Waals surface area contributed by atoms with Crippen LogP contribution in [0.25, 0.3) is 0 Å². The van der Waals surface area contributed by atoms with E-state index >= 15 is 0 Å². The Bertz CT molecular complexity index is 1190. The van der Waals surface area contributed by atoms with E-state index in [2.05, 4.69) is 36.2 Å². The first-order valence-electron chi connectivity index (χ1n) is 11.3. The Balaban J connectivity index is 1.41. The number of nitrogens with one attached hydrogen (secondary N) is 1. The Morgan fingerprint density at radius 1 is 1.27 bits per heavy atom. The zero-order chi connectivity index (χ0) is 22.9. The van der Waals surface area contributed by atoms with Crippen LogP contribution in [0.1, 0.15) is 34.9 Å². The number of hydrazone groups is 1. The average Bonchev–Trinajstić information content (AvgIpc) is 3.19. The van der Waals surface area contributed by atoms with Gasteiger partial charge in [-0.1, -0.05) is 23.7 Å². The van der Waals surface area contributed by atoms with Gasteiger partial charge in [-0.3, -0.25) is 20.1 Å². The average molecular weight is 484 g/mol. The van der Waals surface area contributed by atoms with E-state index in [1.165, 1.54) is 10.4 Å². The predicted octanol–water partition coefficient (Wildman–Crippen LogP) is 3.56. The van der Waals surface area contributed by atoms with Crippen LogP contribution in [0.5, 0.6) is 0 Å². The second-order valence-electron chi connectivity index (χ2n) is 9.56. The first-order chi connectivity index (χ1) is 15.8. The molecule has 1 N–H and O–H groups in total. The van der Waals surface area contributed by atoms with Crippen molar-refractivity contribution < 1.29 is 9.53 Å². The summed E-state index contributed by atoms with van der Waals surface area (Å²) in [6.07, 6.45) is 0.290. The lowest BCUT2D eigenvalue weighted by molar-refractivity contribution is -0.195. The minimum atomic E-state index is -0.367. The summed E-state index contributed by atoms with van der Waals surface area (Å²) in [5, 5.41) is 6.46. The molecule has 4 aliphatic heterocycles. The molecule has 4 aliphatic rings. The number of carbonyl (C=O) groups excluding carboxylic acids is 1. The molecule has 1 aromatic heterocycles. The molecule has 172 valence electrons. The van der Waals surface area contributed by atoms with Crippen molar-refractivity contribution in [3.63, 3.8) is 0 Å². The van der Waals surface area contributed by atoms with Crippen molar-refractivity contribution in [1.29, 1.82) is 0 Å². The van der Waals surface area contributed by atoms with Gasteiger partial charge in [0.05, 0.1) is 30.8 Å². The number of halogens is 1. The SMILES string of the molecule is Cc1sc2c(c1C)C(c1ccc(Cl)cc1)=N[C@@H](CC(=O)N1CC3(COC3)C1)C1=NNC(C)N12. The van der Waals surface area contributed by atoms with Gasteiger partial charge in [-0.25, -0.2) is 0 Å². The number of nitrogens with zero attached hydrogens (tertiary/aromatic N) is 4. The van der Waals surface area contributed by atoms with Crippen LogP contribution >= 0.6 is 22.9 Å². The van der Waals surface area contributed by atoms with Gasteiger partial charge in [-0.15, -0.1) is 11.3 Å². The van der Waals surface area contributed by atoms with Gasteiger partial charge >= 0.3 is 0 Å². The molecule has 33 heavy (non-hydrogen) atoms. The van der Waals surface area contributed by atoms with Crippen molar-refractivity contribution in [3.8, 4) is 0 Å². The van der Waals surface area contributed by atoms with E-state index in [-0.39, 0.29) is 23.5 Å². The maximum atomic E-state index is 13.2. The summed E-state index contributed by atoms with van der Waals surface area (Å²) in [5.74, 6) is 0.932. The fourth-order valence-electron chi connectivity index (χ4n) is 5.09. The quantitative estimate of drug-likeness (QED) is 0.724. The highest BCUT2D eigenvalue weighted by molar-refractivity contribution is 7.17. The van der Waals surface area contributed by atoms with Gasteiger partial charge in [-0.2, -0.15) is 5.10 Å². The van der Waals surface area contributed by atoms with Gasteiger partial charge in [0.1, 0.15) is 17.2 Å². The Morgan fingerprint density at radius 3 is 2.67 bits per heavy atom. The number of amidine groups is 1. The second-order valence-corrected chi connectivity index (χ2v) is 11.2. The molecule has 0 radical (unpaired) electrons. The number of benzene rings is 1. The smallest absolute Gasteiger partial charge is 0.225 e. The molecule has 0 bridgehead atoms. The van der Waals surface area contributed by atoms with Gasteiger partial charge in [0.25, 0.3) is 0 Å². The summed E-state index contributed by atoms with van der Waals surface area (Å²) in [6.45, 7) is 9.47. The predicted molar refractivity (Wildman–Crippen MR) is 132 cm³/mol. The van der Waals surface area contributed by atoms with Gasteiger partial charge in [0, 0.05) is 34.1 Å². The molecule has 9 heteroatoms. The summed E-state index contributed by atoms with van der Waals surface area (Å²) in [7, 11) is 0. The molecule has 2 atom stereocenters. The number of thiophene rings is 1. The van der Waals surface area contributed by atoms with Crippen LogP contribution in [0.2, 0.25) is 5.02 Å². The highest BCUT2D eigenvalue weighted by Gasteiger charge is 2.51. The van der Waals surface area contributed by atoms with E-state index in [0.717, 1.165) is 54.0 Å². The number of hydrogen-bond acceptors (Lipinski definition) is 7. The van der Waals surface area contributed by atoms with Crippen molar-refractivity contribution in [2.24, 2.45) is 15.5 Å². The van der Waals surface area contributed by atoms with E-state index in [1.54, 1.807) is 11.3 Å². The van der Waals surface area contributed by atoms with Gasteiger partial charge < -0.3 is 9.64 Å². The number of aliphatic imine (C=N–C) groups is 1. The van der Waals surface area contributed by atoms with E-state index in [0.29, 0.717) is 11.4 Å². The summed E-state index contributed by atoms with van der Waals surface area (Å²) in [4.78, 5) is 23.9. The van der Waals surface area contributed by atoms with Crippen LogP contribution in [0.3, 0.4) is 0 Å². The van der Waals surface area contributed by atoms with E-state index < -0.39 is 0 Å². The molecule has 5 heterocycles. The summed E-state index contributed by atoms with van der Waals surface area (Å²) < 4.78 is 5.36. The molecule has 6 rings (SSSR count). The Labute approximate surface area is 202 Å². The van der Waals surface area contributed by atoms with Gasteiger partial charge in [0.2, 0.25) is 5.91 Å². The molecular weight excluding hydrogens is 458 g/mol. The number of hydrogen-bond donors (Lipinski definition) is 1. The highest BCUT2D eigenvalue weighted by Crippen LogP contribution is 2.42. The number of carbonyl (C=O) groups is 1. The fourth-order valence-corrected chi connectivity index (χ4v) is 6.46. The first kappa shape index (κ1) is 21.1. The minimum absolute atomic E-state index is 0.00651. The molecule has 2 fully saturated rings. The summed E-state index contributed by atoms with van der Waals surface area (Å²) >= 11 is 7.93. The molecule has 2 aromatic rings. The van der Waals surface area contributed by atoms with Crippen molar-refractivity contribution in [2.75, 3.05) is 31.2 Å². The molecule has 2 saturated heterocycles. The van der Waals surface area contributed by atoms with Crippen LogP contribution in [0.4, 0.5) is 5.00 Å². The number of ether oxygens (including phenoxy) is 1. The number of likely N-dealkylation sites (tertiary alicyclic amines) is 1. The zero-order valence-corrected chi connectivity index (χ0v) is 20.5. The number of aryl methyl sites for hydroxylation is 1. The topological polar surface area (TPSA) is 69.5 Å². The lowest BCUT2D eigenvalue weighted by Crippen LogP contribution is -2.67. The number of anilines is 1. The first-order valence-corrected chi connectivity index (χ1v) is 12.5. The third-order valence-corrected chi connectivity index (χ3v) is 8.57. The second kappa shape index (κ2) is 7.55. The number of rotatable bonds is 3. The molecule has 0 aliphatic carbocycles. The minimum Gasteiger partial charge on any atom is -0.380 e. The zero-order valence-electron chi connectivity index (χ0n) is 18.9. The Morgan fingerprint density at radius 2 is 2.00 bits per heavy atom. The van der Waals surface area contributed by atoms with Crippen LogP contribution in [-0.2, 0) is 9.53 Å². The monoisotopic (exact) mass is 483 g/mol. The van der Waals surface area contributed by atoms with Gasteiger partial charge in [-0.05, 0) is 38.5 Å². The van der Waals surface area contributed by atoms with Crippen LogP contribution in [0, 0.1) is 19.3 Å². The Kier molecular flexibility index (Phi) is 4.83. The molecule has 7 nitrogen and oxygen atoms in total. The third-order valence-electron chi connectivity index (χ3n) is 7.11. The number of fused-ring (bicyclic) bond motifs is 3. The van der Waals surface area contributed by atoms with Crippen LogP contribution in [-0.4, -0.2) is 60.9 Å². The van der Waals surface area contributed by atoms with E-state index in [4.69, 9.17) is 21.3 Å². The molecule has 1 spiro atoms. The highest BCUT2D eigenvalue weighted by atomic mass is 35.5. The molecule has 0 saturated carbocycles. The molecular formula is C24H26ClN5O2S. The van der Waals surface area contributed by atoms with Crippen LogP contribution in [0.15, 0.2) is 34.4 Å². The maximum Gasteiger partial charge on any atom is 0.225 e. The fraction of sp³-hybridized carbons (Fsp3) is 0.458. The lowest BCUT2D eigenvalue weighted by atomic mass is 9.78. The molecule has 1 aromatic carbocycles. The van der Waals surface area contributed by atoms with E-state index in [9.17, 15) is 4.79 Å². The van der Waals surface area contributed by atoms with Crippen molar-refractivity contribution in [1.82, 2.24) is 10.3 Å². The molecule has 1 amide bonds. The lowest BCUT2D eigenvalue weighted by Gasteiger charge is -2.55. The summed E-state index contributed by atoms with van der Waals surface area (Å²) in [6, 6.07) is 7.43. The summed E-state index contributed by atoms with van der Waals surface area (Å²) in [5.41, 5.74) is 7.63. The normalized spacial score (nSPS) is 24.7. The maximum absolute atomic E-state index is 13.2. The largest absolute Gasteiger partial charge is 0.380 e. The van der Waals surface area contributed by atoms with Crippen LogP contribution < -0.4 is 10.3 Å². The van der Waals surface area contributed by atoms with Crippen molar-refractivity contribution >= 4 is 45.4 Å².